The first-order chi connectivity index (χ1) is 16.4. The first-order valence-electron chi connectivity index (χ1n) is 11.0. The van der Waals surface area contributed by atoms with Crippen molar-refractivity contribution >= 4 is 51.5 Å². The second kappa shape index (κ2) is 9.16. The van der Waals surface area contributed by atoms with Crippen LogP contribution < -0.4 is 0 Å². The van der Waals surface area contributed by atoms with Gasteiger partial charge in [-0.15, -0.1) is 0 Å². The van der Waals surface area contributed by atoms with Gasteiger partial charge in [0.05, 0.1) is 11.4 Å². The maximum absolute atomic E-state index is 13.2. The van der Waals surface area contributed by atoms with Gasteiger partial charge in [0.1, 0.15) is 0 Å². The molecule has 0 aliphatic carbocycles. The molecule has 4 nitrogen and oxygen atoms in total. The van der Waals surface area contributed by atoms with E-state index in [9.17, 15) is 9.59 Å². The first-order valence-corrected chi connectivity index (χ1v) is 12.2. The van der Waals surface area contributed by atoms with Gasteiger partial charge in [-0.1, -0.05) is 77.8 Å². The average molecular weight is 487 g/mol. The van der Waals surface area contributed by atoms with Crippen molar-refractivity contribution in [3.8, 4) is 0 Å². The van der Waals surface area contributed by atoms with Crippen molar-refractivity contribution in [3.05, 3.63) is 111 Å². The number of rotatable bonds is 5. The molecule has 2 amide bonds. The fraction of sp³-hybridized carbons (Fsp3) is 0.143. The highest BCUT2D eigenvalue weighted by molar-refractivity contribution is 8.18. The van der Waals surface area contributed by atoms with Crippen LogP contribution in [0.15, 0.2) is 77.7 Å². The van der Waals surface area contributed by atoms with Crippen LogP contribution in [0.5, 0.6) is 0 Å². The predicted octanol–water partition coefficient (Wildman–Crippen LogP) is 7.20. The molecule has 5 rings (SSSR count). The van der Waals surface area contributed by atoms with E-state index in [0.717, 1.165) is 55.6 Å². The second-order valence-corrected chi connectivity index (χ2v) is 9.85. The third-order valence-corrected chi connectivity index (χ3v) is 7.41. The summed E-state index contributed by atoms with van der Waals surface area (Å²) in [5.74, 6) is -0.251. The molecule has 0 atom stereocenters. The van der Waals surface area contributed by atoms with Crippen LogP contribution in [0.1, 0.15) is 27.9 Å². The largest absolute Gasteiger partial charge is 0.340 e. The van der Waals surface area contributed by atoms with Gasteiger partial charge in [0.15, 0.2) is 0 Å². The van der Waals surface area contributed by atoms with Crippen LogP contribution >= 0.6 is 23.4 Å². The quantitative estimate of drug-likeness (QED) is 0.280. The van der Waals surface area contributed by atoms with Gasteiger partial charge in [0, 0.05) is 33.7 Å². The number of nitrogens with zero attached hydrogens (tertiary/aromatic N) is 2. The molecule has 1 aliphatic heterocycles. The molecule has 34 heavy (non-hydrogen) atoms. The van der Waals surface area contributed by atoms with Gasteiger partial charge in [-0.2, -0.15) is 0 Å². The van der Waals surface area contributed by atoms with E-state index in [0.29, 0.717) is 11.4 Å². The molecule has 170 valence electrons. The lowest BCUT2D eigenvalue weighted by molar-refractivity contribution is -0.123. The van der Waals surface area contributed by atoms with Crippen LogP contribution in [0.25, 0.3) is 17.0 Å². The summed E-state index contributed by atoms with van der Waals surface area (Å²) in [6.45, 7) is 4.93. The Labute approximate surface area is 207 Å². The molecule has 0 N–H and O–H groups in total. The molecule has 4 aromatic rings. The molecule has 0 saturated carbocycles. The Kier molecular flexibility index (Phi) is 6.07. The molecule has 6 heteroatoms. The highest BCUT2D eigenvalue weighted by atomic mass is 35.5. The number of fused-ring (bicyclic) bond motifs is 1. The number of aryl methyl sites for hydroxylation is 1. The lowest BCUT2D eigenvalue weighted by Crippen LogP contribution is -2.27. The summed E-state index contributed by atoms with van der Waals surface area (Å²) < 4.78 is 2.21. The molecular weight excluding hydrogens is 464 g/mol. The van der Waals surface area contributed by atoms with Crippen molar-refractivity contribution in [2.24, 2.45) is 0 Å². The normalized spacial score (nSPS) is 15.1. The van der Waals surface area contributed by atoms with Crippen molar-refractivity contribution < 1.29 is 9.59 Å². The maximum Gasteiger partial charge on any atom is 0.293 e. The minimum Gasteiger partial charge on any atom is -0.340 e. The van der Waals surface area contributed by atoms with Gasteiger partial charge in [-0.25, -0.2) is 0 Å². The number of hydrogen-bond donors (Lipinski definition) is 0. The van der Waals surface area contributed by atoms with Crippen LogP contribution in [-0.2, 0) is 17.9 Å². The summed E-state index contributed by atoms with van der Waals surface area (Å²) in [5, 5.41) is 1.52. The summed E-state index contributed by atoms with van der Waals surface area (Å²) in [6.07, 6.45) is 1.86. The zero-order valence-electron chi connectivity index (χ0n) is 18.9. The predicted molar refractivity (Wildman–Crippen MR) is 140 cm³/mol. The van der Waals surface area contributed by atoms with Gasteiger partial charge >= 0.3 is 0 Å². The number of halogens is 1. The van der Waals surface area contributed by atoms with Crippen molar-refractivity contribution in [1.29, 1.82) is 0 Å². The summed E-state index contributed by atoms with van der Waals surface area (Å²) in [6, 6.07) is 23.8. The summed E-state index contributed by atoms with van der Waals surface area (Å²) in [5.41, 5.74) is 6.09. The second-order valence-electron chi connectivity index (χ2n) is 8.45. The molecule has 0 unspecified atom stereocenters. The minimum absolute atomic E-state index is 0.241. The summed E-state index contributed by atoms with van der Waals surface area (Å²) >= 11 is 7.43. The first kappa shape index (κ1) is 22.5. The zero-order valence-corrected chi connectivity index (χ0v) is 20.5. The lowest BCUT2D eigenvalue weighted by atomic mass is 10.1. The van der Waals surface area contributed by atoms with Gasteiger partial charge in [-0.3, -0.25) is 14.5 Å². The van der Waals surface area contributed by atoms with Crippen molar-refractivity contribution in [2.75, 3.05) is 0 Å². The third-order valence-electron chi connectivity index (χ3n) is 6.14. The van der Waals surface area contributed by atoms with E-state index >= 15 is 0 Å². The topological polar surface area (TPSA) is 42.3 Å². The SMILES string of the molecule is Cc1cccc(CN2C(=O)S/C(=C\c3c(C)n(Cc4ccccc4Cl)c4ccccc34)C2=O)c1. The maximum atomic E-state index is 13.2. The van der Waals surface area contributed by atoms with E-state index in [1.165, 1.54) is 4.90 Å². The number of carbonyl (C=O) groups is 2. The van der Waals surface area contributed by atoms with Crippen LogP contribution in [0.3, 0.4) is 0 Å². The number of benzene rings is 3. The van der Waals surface area contributed by atoms with E-state index in [1.54, 1.807) is 0 Å². The number of thioether (sulfide) groups is 1. The molecule has 0 radical (unpaired) electrons. The Balaban J connectivity index is 1.52. The Bertz CT molecular complexity index is 1470. The van der Waals surface area contributed by atoms with Crippen molar-refractivity contribution in [2.45, 2.75) is 26.9 Å². The monoisotopic (exact) mass is 486 g/mol. The zero-order chi connectivity index (χ0) is 23.8. The van der Waals surface area contributed by atoms with Crippen LogP contribution in [0, 0.1) is 13.8 Å². The third kappa shape index (κ3) is 4.17. The molecule has 1 fully saturated rings. The Hall–Kier alpha value is -3.28. The highest BCUT2D eigenvalue weighted by Crippen LogP contribution is 2.36. The van der Waals surface area contributed by atoms with E-state index < -0.39 is 0 Å². The summed E-state index contributed by atoms with van der Waals surface area (Å²) in [4.78, 5) is 27.7. The van der Waals surface area contributed by atoms with Crippen LogP contribution in [0.2, 0.25) is 5.02 Å². The number of hydrogen-bond acceptors (Lipinski definition) is 3. The molecule has 1 aliphatic rings. The minimum atomic E-state index is -0.251. The molecule has 1 saturated heterocycles. The smallest absolute Gasteiger partial charge is 0.293 e. The van der Waals surface area contributed by atoms with Crippen LogP contribution in [-0.4, -0.2) is 20.6 Å². The van der Waals surface area contributed by atoms with Gasteiger partial charge < -0.3 is 4.57 Å². The molecule has 0 spiro atoms. The Morgan fingerprint density at radius 2 is 1.68 bits per heavy atom. The number of amides is 2. The molecule has 1 aromatic heterocycles. The van der Waals surface area contributed by atoms with E-state index in [4.69, 9.17) is 11.6 Å². The molecule has 2 heterocycles. The van der Waals surface area contributed by atoms with E-state index in [1.807, 2.05) is 86.7 Å². The average Bonchev–Trinajstić information content (AvgIpc) is 3.24. The van der Waals surface area contributed by atoms with Gasteiger partial charge in [0.25, 0.3) is 11.1 Å². The Morgan fingerprint density at radius 1 is 0.912 bits per heavy atom. The molecular formula is C28H23ClN2O2S. The molecule has 0 bridgehead atoms. The number of carbonyl (C=O) groups excluding carboxylic acids is 2. The van der Waals surface area contributed by atoms with E-state index in [2.05, 4.69) is 10.6 Å². The van der Waals surface area contributed by atoms with Gasteiger partial charge in [0.2, 0.25) is 0 Å². The van der Waals surface area contributed by atoms with Gasteiger partial charge in [-0.05, 0) is 54.9 Å². The Morgan fingerprint density at radius 3 is 2.47 bits per heavy atom. The van der Waals surface area contributed by atoms with Crippen molar-refractivity contribution in [1.82, 2.24) is 9.47 Å². The van der Waals surface area contributed by atoms with Crippen molar-refractivity contribution in [3.63, 3.8) is 0 Å². The van der Waals surface area contributed by atoms with Crippen LogP contribution in [0.4, 0.5) is 4.79 Å². The highest BCUT2D eigenvalue weighted by Gasteiger charge is 2.35. The summed E-state index contributed by atoms with van der Waals surface area (Å²) in [7, 11) is 0. The number of aromatic nitrogens is 1. The number of imide groups is 1. The fourth-order valence-electron chi connectivity index (χ4n) is 4.40. The lowest BCUT2D eigenvalue weighted by Gasteiger charge is -2.12. The number of para-hydroxylation sites is 1. The van der Waals surface area contributed by atoms with E-state index in [-0.39, 0.29) is 17.7 Å². The molecule has 3 aromatic carbocycles. The standard InChI is InChI=1S/C28H23ClN2O2S/c1-18-8-7-9-20(14-18)16-31-27(32)26(34-28(31)33)15-23-19(2)30(25-13-6-4-11-22(23)25)17-21-10-3-5-12-24(21)29/h3-15H,16-17H2,1-2H3/b26-15-. The fourth-order valence-corrected chi connectivity index (χ4v) is 5.42.